The summed E-state index contributed by atoms with van der Waals surface area (Å²) < 4.78 is 38.6. The molecule has 8 nitrogen and oxygen atoms in total. The Morgan fingerprint density at radius 2 is 1.74 bits per heavy atom. The predicted octanol–water partition coefficient (Wildman–Crippen LogP) is 3.21. The molecule has 35 heavy (non-hydrogen) atoms. The molecule has 0 atom stereocenters. The van der Waals surface area contributed by atoms with E-state index in [9.17, 15) is 13.2 Å². The van der Waals surface area contributed by atoms with Crippen molar-refractivity contribution in [3.8, 4) is 11.8 Å². The number of sulfonamides is 1. The minimum atomic E-state index is -3.67. The van der Waals surface area contributed by atoms with Gasteiger partial charge in [0.25, 0.3) is 0 Å². The van der Waals surface area contributed by atoms with Crippen molar-refractivity contribution in [2.24, 2.45) is 0 Å². The number of aryl methyl sites for hydroxylation is 2. The zero-order valence-electron chi connectivity index (χ0n) is 19.7. The zero-order valence-corrected chi connectivity index (χ0v) is 20.5. The third kappa shape index (κ3) is 5.98. The molecule has 4 rings (SSSR count). The van der Waals surface area contributed by atoms with Crippen LogP contribution in [0.1, 0.15) is 28.0 Å². The summed E-state index contributed by atoms with van der Waals surface area (Å²) in [6, 6.07) is 15.5. The molecule has 1 fully saturated rings. The molecular weight excluding hydrogens is 466 g/mol. The molecular formula is C26H27N3O5S. The maximum atomic E-state index is 12.9. The van der Waals surface area contributed by atoms with E-state index in [0.717, 1.165) is 16.7 Å². The molecule has 0 saturated carbocycles. The van der Waals surface area contributed by atoms with Crippen molar-refractivity contribution in [1.82, 2.24) is 9.21 Å². The number of nitriles is 1. The van der Waals surface area contributed by atoms with Gasteiger partial charge in [0.2, 0.25) is 21.2 Å². The summed E-state index contributed by atoms with van der Waals surface area (Å²) in [6.07, 6.45) is 1.34. The second-order valence-electron chi connectivity index (χ2n) is 8.68. The lowest BCUT2D eigenvalue weighted by atomic mass is 10.1. The van der Waals surface area contributed by atoms with Gasteiger partial charge >= 0.3 is 0 Å². The highest BCUT2D eigenvalue weighted by molar-refractivity contribution is 7.89. The minimum absolute atomic E-state index is 0.118. The van der Waals surface area contributed by atoms with Gasteiger partial charge in [-0.3, -0.25) is 9.69 Å². The number of benzene rings is 2. The van der Waals surface area contributed by atoms with E-state index in [1.807, 2.05) is 36.9 Å². The average molecular weight is 494 g/mol. The predicted molar refractivity (Wildman–Crippen MR) is 130 cm³/mol. The fourth-order valence-electron chi connectivity index (χ4n) is 4.16. The van der Waals surface area contributed by atoms with Crippen LogP contribution in [0.5, 0.6) is 5.75 Å². The second-order valence-corrected chi connectivity index (χ2v) is 10.6. The van der Waals surface area contributed by atoms with E-state index >= 15 is 0 Å². The first-order chi connectivity index (χ1) is 16.7. The number of ether oxygens (including phenoxy) is 1. The summed E-state index contributed by atoms with van der Waals surface area (Å²) in [7, 11) is -3.67. The summed E-state index contributed by atoms with van der Waals surface area (Å²) in [6.45, 7) is 6.30. The fourth-order valence-corrected chi connectivity index (χ4v) is 5.63. The van der Waals surface area contributed by atoms with Crippen LogP contribution in [-0.4, -0.2) is 43.8 Å². The van der Waals surface area contributed by atoms with Gasteiger partial charge in [0, 0.05) is 32.2 Å². The number of nitrogens with zero attached hydrogens (tertiary/aromatic N) is 3. The van der Waals surface area contributed by atoms with E-state index in [-0.39, 0.29) is 22.7 Å². The Bertz CT molecular complexity index is 1400. The van der Waals surface area contributed by atoms with Gasteiger partial charge in [-0.2, -0.15) is 9.57 Å². The molecule has 0 spiro atoms. The molecule has 0 aliphatic carbocycles. The van der Waals surface area contributed by atoms with E-state index in [2.05, 4.69) is 6.07 Å². The highest BCUT2D eigenvalue weighted by Gasteiger charge is 2.29. The molecule has 0 amide bonds. The molecule has 1 aliphatic heterocycles. The Morgan fingerprint density at radius 1 is 1.03 bits per heavy atom. The summed E-state index contributed by atoms with van der Waals surface area (Å²) in [5.41, 5.74) is 3.30. The van der Waals surface area contributed by atoms with Crippen molar-refractivity contribution in [2.75, 3.05) is 26.2 Å². The smallest absolute Gasteiger partial charge is 0.243 e. The van der Waals surface area contributed by atoms with E-state index in [4.69, 9.17) is 14.4 Å². The monoisotopic (exact) mass is 493 g/mol. The molecule has 1 saturated heterocycles. The molecule has 2 heterocycles. The third-order valence-corrected chi connectivity index (χ3v) is 7.73. The van der Waals surface area contributed by atoms with E-state index < -0.39 is 10.0 Å². The van der Waals surface area contributed by atoms with E-state index in [1.54, 1.807) is 12.1 Å². The summed E-state index contributed by atoms with van der Waals surface area (Å²) in [5.74, 6) is 0.648. The van der Waals surface area contributed by atoms with Gasteiger partial charge in [-0.1, -0.05) is 35.4 Å². The highest BCUT2D eigenvalue weighted by Crippen LogP contribution is 2.20. The molecule has 0 bridgehead atoms. The molecule has 9 heteroatoms. The molecule has 0 radical (unpaired) electrons. The maximum absolute atomic E-state index is 12.9. The first kappa shape index (κ1) is 24.7. The molecule has 0 unspecified atom stereocenters. The minimum Gasteiger partial charge on any atom is -0.482 e. The largest absolute Gasteiger partial charge is 0.482 e. The first-order valence-electron chi connectivity index (χ1n) is 11.3. The van der Waals surface area contributed by atoms with Crippen LogP contribution in [0.4, 0.5) is 0 Å². The van der Waals surface area contributed by atoms with Crippen LogP contribution in [0.15, 0.2) is 68.9 Å². The SMILES string of the molecule is Cc1cc(C)cc(COc2coc(CN3CCN(S(=O)(=O)c4cccc(C#N)c4)CC3)cc2=O)c1. The molecule has 182 valence electrons. The molecule has 1 aromatic heterocycles. The van der Waals surface area contributed by atoms with Gasteiger partial charge in [0.1, 0.15) is 18.6 Å². The zero-order chi connectivity index (χ0) is 25.0. The van der Waals surface area contributed by atoms with Crippen molar-refractivity contribution >= 4 is 10.0 Å². The molecule has 3 aromatic rings. The fraction of sp³-hybridized carbons (Fsp3) is 0.308. The van der Waals surface area contributed by atoms with Gasteiger partial charge < -0.3 is 9.15 Å². The van der Waals surface area contributed by atoms with E-state index in [1.165, 1.54) is 28.8 Å². The molecule has 2 aromatic carbocycles. The summed E-state index contributed by atoms with van der Waals surface area (Å²) >= 11 is 0. The second kappa shape index (κ2) is 10.4. The quantitative estimate of drug-likeness (QED) is 0.498. The standard InChI is InChI=1S/C26H27N3O5S/c1-19-10-20(2)12-22(11-19)17-34-26-18-33-23(14-25(26)30)16-28-6-8-29(9-7-28)35(31,32)24-5-3-4-21(13-24)15-27/h3-5,10-14,18H,6-9,16-17H2,1-2H3. The topological polar surface area (TPSA) is 104 Å². The van der Waals surface area contributed by atoms with Crippen LogP contribution < -0.4 is 10.2 Å². The Labute approximate surface area is 205 Å². The van der Waals surface area contributed by atoms with Gasteiger partial charge in [-0.05, 0) is 37.6 Å². The van der Waals surface area contributed by atoms with Crippen molar-refractivity contribution in [3.05, 3.63) is 93.0 Å². The number of hydrogen-bond acceptors (Lipinski definition) is 7. The van der Waals surface area contributed by atoms with Crippen LogP contribution in [-0.2, 0) is 23.2 Å². The first-order valence-corrected chi connectivity index (χ1v) is 12.7. The molecule has 0 N–H and O–H groups in total. The normalized spacial score (nSPS) is 15.0. The number of rotatable bonds is 7. The van der Waals surface area contributed by atoms with Crippen molar-refractivity contribution in [2.45, 2.75) is 31.9 Å². The van der Waals surface area contributed by atoms with Gasteiger partial charge in [-0.25, -0.2) is 8.42 Å². The lowest BCUT2D eigenvalue weighted by Crippen LogP contribution is -2.48. The maximum Gasteiger partial charge on any atom is 0.243 e. The third-order valence-electron chi connectivity index (χ3n) is 5.84. The van der Waals surface area contributed by atoms with Crippen LogP contribution in [0.2, 0.25) is 0 Å². The van der Waals surface area contributed by atoms with Gasteiger partial charge in [0.05, 0.1) is 23.1 Å². The van der Waals surface area contributed by atoms with Crippen molar-refractivity contribution in [1.29, 1.82) is 5.26 Å². The van der Waals surface area contributed by atoms with E-state index in [0.29, 0.717) is 44.0 Å². The number of piperazine rings is 1. The van der Waals surface area contributed by atoms with Gasteiger partial charge in [0.15, 0.2) is 0 Å². The van der Waals surface area contributed by atoms with Crippen LogP contribution in [0.25, 0.3) is 0 Å². The Balaban J connectivity index is 1.34. The Morgan fingerprint density at radius 3 is 2.40 bits per heavy atom. The lowest BCUT2D eigenvalue weighted by Gasteiger charge is -2.33. The highest BCUT2D eigenvalue weighted by atomic mass is 32.2. The van der Waals surface area contributed by atoms with Crippen LogP contribution in [0, 0.1) is 25.2 Å². The molecule has 1 aliphatic rings. The number of hydrogen-bond donors (Lipinski definition) is 0. The average Bonchev–Trinajstić information content (AvgIpc) is 2.83. The van der Waals surface area contributed by atoms with Crippen LogP contribution in [0.3, 0.4) is 0 Å². The Hall–Kier alpha value is -3.45. The lowest BCUT2D eigenvalue weighted by molar-refractivity contribution is 0.169. The van der Waals surface area contributed by atoms with Crippen molar-refractivity contribution in [3.63, 3.8) is 0 Å². The summed E-state index contributed by atoms with van der Waals surface area (Å²) in [5, 5.41) is 9.05. The van der Waals surface area contributed by atoms with Crippen LogP contribution >= 0.6 is 0 Å². The van der Waals surface area contributed by atoms with Gasteiger partial charge in [-0.15, -0.1) is 0 Å². The van der Waals surface area contributed by atoms with Crippen molar-refractivity contribution < 1.29 is 17.6 Å². The summed E-state index contributed by atoms with van der Waals surface area (Å²) in [4.78, 5) is 14.7. The Kier molecular flexibility index (Phi) is 7.36.